The normalized spacial score (nSPS) is 14.9. The Morgan fingerprint density at radius 1 is 0.667 bits per heavy atom. The van der Waals surface area contributed by atoms with E-state index in [1.165, 1.54) is 68.0 Å². The van der Waals surface area contributed by atoms with Gasteiger partial charge in [0.2, 0.25) is 0 Å². The molecule has 0 spiro atoms. The molecule has 0 atom stereocenters. The molecule has 0 aromatic carbocycles. The molecule has 3 rings (SSSR count). The predicted octanol–water partition coefficient (Wildman–Crippen LogP) is 12.4. The number of rotatable bonds is 16. The first-order valence-electron chi connectivity index (χ1n) is 14.2. The Bertz CT molecular complexity index is 924. The van der Waals surface area contributed by atoms with E-state index >= 15 is 0 Å². The van der Waals surface area contributed by atoms with Crippen LogP contribution >= 0.6 is 70.5 Å². The van der Waals surface area contributed by atoms with Crippen LogP contribution in [0.15, 0.2) is 15.9 Å². The lowest BCUT2D eigenvalue weighted by Gasteiger charge is -2.42. The van der Waals surface area contributed by atoms with E-state index in [9.17, 15) is 0 Å². The van der Waals surface area contributed by atoms with Crippen molar-refractivity contribution in [2.24, 2.45) is 0 Å². The minimum atomic E-state index is -1.67. The molecule has 0 amide bonds. The van der Waals surface area contributed by atoms with E-state index in [0.717, 1.165) is 27.3 Å². The lowest BCUT2D eigenvalue weighted by Crippen LogP contribution is -2.54. The first-order valence-corrected chi connectivity index (χ1v) is 21.1. The van der Waals surface area contributed by atoms with Crippen molar-refractivity contribution in [3.63, 3.8) is 0 Å². The van der Waals surface area contributed by atoms with Crippen molar-refractivity contribution in [2.45, 2.75) is 128 Å². The second-order valence-electron chi connectivity index (χ2n) is 11.8. The maximum Gasteiger partial charge on any atom is 0.107 e. The van der Waals surface area contributed by atoms with Crippen molar-refractivity contribution in [2.75, 3.05) is 10.7 Å². The van der Waals surface area contributed by atoms with Gasteiger partial charge in [0.1, 0.15) is 8.07 Å². The van der Waals surface area contributed by atoms with Crippen molar-refractivity contribution in [3.05, 3.63) is 27.0 Å². The molecular weight excluding hydrogens is 692 g/mol. The summed E-state index contributed by atoms with van der Waals surface area (Å²) in [5.41, 5.74) is 5.86. The van der Waals surface area contributed by atoms with Gasteiger partial charge in [0.05, 0.1) is 3.79 Å². The van der Waals surface area contributed by atoms with Gasteiger partial charge in [-0.05, 0) is 86.0 Å². The van der Waals surface area contributed by atoms with Crippen LogP contribution in [-0.4, -0.2) is 18.7 Å². The maximum absolute atomic E-state index is 3.90. The van der Waals surface area contributed by atoms with Gasteiger partial charge in [0.15, 0.2) is 0 Å². The highest BCUT2D eigenvalue weighted by Gasteiger charge is 2.50. The van der Waals surface area contributed by atoms with E-state index < -0.39 is 8.07 Å². The summed E-state index contributed by atoms with van der Waals surface area (Å²) in [4.78, 5) is 3.23. The molecule has 0 nitrogen and oxygen atoms in total. The number of hydrogen-bond donors (Lipinski definition) is 0. The molecule has 0 aliphatic heterocycles. The molecule has 0 fully saturated rings. The molecule has 2 aromatic heterocycles. The number of halogens is 3. The molecule has 6 heteroatoms. The minimum Gasteiger partial charge on any atom is -0.144 e. The average Bonchev–Trinajstić information content (AvgIpc) is 3.46. The van der Waals surface area contributed by atoms with Crippen molar-refractivity contribution in [3.8, 4) is 9.75 Å². The van der Waals surface area contributed by atoms with Crippen molar-refractivity contribution in [1.82, 2.24) is 0 Å². The molecular formula is C30H47Br3S2Si. The summed E-state index contributed by atoms with van der Waals surface area (Å²) in [5.74, 6) is 0. The van der Waals surface area contributed by atoms with Crippen LogP contribution in [0.3, 0.4) is 0 Å². The molecule has 1 aliphatic rings. The molecule has 0 N–H and O–H groups in total. The number of unbranched alkanes of at least 4 members (excludes halogenated alkanes) is 6. The Balaban J connectivity index is 2.09. The van der Waals surface area contributed by atoms with Gasteiger partial charge in [-0.1, -0.05) is 112 Å². The van der Waals surface area contributed by atoms with Crippen LogP contribution in [0.4, 0.5) is 0 Å². The molecule has 0 radical (unpaired) electrons. The van der Waals surface area contributed by atoms with Crippen molar-refractivity contribution >= 4 is 83.0 Å². The number of thiophene rings is 2. The molecule has 0 saturated carbocycles. The van der Waals surface area contributed by atoms with Crippen LogP contribution in [0.25, 0.3) is 9.75 Å². The molecule has 2 aromatic rings. The predicted molar refractivity (Wildman–Crippen MR) is 181 cm³/mol. The van der Waals surface area contributed by atoms with E-state index in [0.29, 0.717) is 0 Å². The van der Waals surface area contributed by atoms with Crippen LogP contribution in [0.2, 0.25) is 16.6 Å². The third-order valence-electron chi connectivity index (χ3n) is 8.94. The first-order chi connectivity index (χ1) is 17.2. The van der Waals surface area contributed by atoms with E-state index in [2.05, 4.69) is 113 Å². The zero-order valence-electron chi connectivity index (χ0n) is 23.3. The van der Waals surface area contributed by atoms with E-state index in [1.54, 1.807) is 25.4 Å². The molecule has 0 saturated heterocycles. The zero-order valence-corrected chi connectivity index (χ0v) is 30.7. The summed E-state index contributed by atoms with van der Waals surface area (Å²) in [7, 11) is -1.67. The fourth-order valence-electron chi connectivity index (χ4n) is 7.43. The largest absolute Gasteiger partial charge is 0.144 e. The Kier molecular flexibility index (Phi) is 12.4. The van der Waals surface area contributed by atoms with Gasteiger partial charge in [-0.2, -0.15) is 0 Å². The van der Waals surface area contributed by atoms with E-state index in [1.807, 2.05) is 11.3 Å². The Morgan fingerprint density at radius 3 is 1.58 bits per heavy atom. The average molecular weight is 740 g/mol. The van der Waals surface area contributed by atoms with Crippen LogP contribution < -0.4 is 4.50 Å². The first kappa shape index (κ1) is 31.6. The van der Waals surface area contributed by atoms with Crippen LogP contribution in [0, 0.1) is 0 Å². The van der Waals surface area contributed by atoms with Gasteiger partial charge >= 0.3 is 0 Å². The number of fused-ring (bicyclic) bond motifs is 3. The molecule has 0 bridgehead atoms. The SMILES string of the molecule is CC(C)[Si](c1cc2c(s1)-c1sc(Br)cc1C2(CCCCCCBr)CCCCCCBr)(C(C)C)C(C)C. The van der Waals surface area contributed by atoms with Gasteiger partial charge in [-0.15, -0.1) is 22.7 Å². The fourth-order valence-corrected chi connectivity index (χ4v) is 20.3. The molecule has 2 heterocycles. The summed E-state index contributed by atoms with van der Waals surface area (Å²) in [6, 6.07) is 5.28. The highest BCUT2D eigenvalue weighted by atomic mass is 79.9. The standard InChI is InChI=1S/C30H47Br3S2Si/c1-21(2)36(22(3)4,23(5)6)27-20-25-29(35-27)28-24(19-26(33)34-28)30(25,15-11-7-9-13-17-31)16-12-8-10-14-18-32/h19-23H,7-18H2,1-6H3. The van der Waals surface area contributed by atoms with E-state index in [-0.39, 0.29) is 5.41 Å². The van der Waals surface area contributed by atoms with Gasteiger partial charge in [-0.3, -0.25) is 0 Å². The topological polar surface area (TPSA) is 0 Å². The fraction of sp³-hybridized carbons (Fsp3) is 0.733. The summed E-state index contributed by atoms with van der Waals surface area (Å²) in [6.45, 7) is 15.1. The lowest BCUT2D eigenvalue weighted by molar-refractivity contribution is 0.402. The zero-order chi connectivity index (χ0) is 26.5. The summed E-state index contributed by atoms with van der Waals surface area (Å²) in [6.07, 6.45) is 13.3. The number of alkyl halides is 2. The van der Waals surface area contributed by atoms with Gasteiger partial charge in [-0.25, -0.2) is 0 Å². The van der Waals surface area contributed by atoms with Crippen molar-refractivity contribution in [1.29, 1.82) is 0 Å². The molecule has 204 valence electrons. The third kappa shape index (κ3) is 6.19. The quantitative estimate of drug-likeness (QED) is 0.0914. The number of hydrogen-bond acceptors (Lipinski definition) is 2. The summed E-state index contributed by atoms with van der Waals surface area (Å²) in [5, 5.41) is 2.27. The van der Waals surface area contributed by atoms with Crippen LogP contribution in [-0.2, 0) is 5.41 Å². The summed E-state index contributed by atoms with van der Waals surface area (Å²) < 4.78 is 3.10. The highest BCUT2D eigenvalue weighted by molar-refractivity contribution is 9.11. The molecule has 0 unspecified atom stereocenters. The van der Waals surface area contributed by atoms with E-state index in [4.69, 9.17) is 0 Å². The Labute approximate surface area is 256 Å². The van der Waals surface area contributed by atoms with Gasteiger partial charge in [0, 0.05) is 25.8 Å². The monoisotopic (exact) mass is 736 g/mol. The molecule has 36 heavy (non-hydrogen) atoms. The van der Waals surface area contributed by atoms with Crippen molar-refractivity contribution < 1.29 is 0 Å². The van der Waals surface area contributed by atoms with Crippen LogP contribution in [0.1, 0.15) is 117 Å². The Hall–Kier alpha value is 1.06. The highest BCUT2D eigenvalue weighted by Crippen LogP contribution is 2.60. The van der Waals surface area contributed by atoms with Gasteiger partial charge in [0.25, 0.3) is 0 Å². The maximum atomic E-state index is 3.90. The minimum absolute atomic E-state index is 0.218. The second kappa shape index (κ2) is 14.1. The second-order valence-corrected chi connectivity index (χ2v) is 23.1. The van der Waals surface area contributed by atoms with Crippen LogP contribution in [0.5, 0.6) is 0 Å². The molecule has 1 aliphatic carbocycles. The lowest BCUT2D eigenvalue weighted by atomic mass is 9.71. The smallest absolute Gasteiger partial charge is 0.107 e. The summed E-state index contributed by atoms with van der Waals surface area (Å²) >= 11 is 15.4. The third-order valence-corrected chi connectivity index (χ3v) is 20.9. The Morgan fingerprint density at radius 2 is 1.11 bits per heavy atom. The van der Waals surface area contributed by atoms with Gasteiger partial charge < -0.3 is 0 Å².